The summed E-state index contributed by atoms with van der Waals surface area (Å²) in [5, 5.41) is 4.15. The Balaban J connectivity index is 1.79. The molecule has 0 spiro atoms. The molecule has 4 rings (SSSR count). The van der Waals surface area contributed by atoms with Crippen LogP contribution in [0.4, 0.5) is 11.4 Å². The number of anilines is 2. The van der Waals surface area contributed by atoms with Gasteiger partial charge in [-0.2, -0.15) is 0 Å². The predicted octanol–water partition coefficient (Wildman–Crippen LogP) is 5.12. The summed E-state index contributed by atoms with van der Waals surface area (Å²) in [7, 11) is 0. The molecular formula is C21H18ClN3O. The van der Waals surface area contributed by atoms with Gasteiger partial charge in [-0.25, -0.2) is 0 Å². The molecule has 2 aromatic carbocycles. The summed E-state index contributed by atoms with van der Waals surface area (Å²) in [6.45, 7) is 4.01. The minimum Gasteiger partial charge on any atom is -0.360 e. The van der Waals surface area contributed by atoms with Crippen molar-refractivity contribution in [2.45, 2.75) is 20.0 Å². The first kappa shape index (κ1) is 16.6. The SMILES string of the molecule is Cc1ccc(N2C(=O)c3cccnc3C2Nc2ccc(Cl)cc2C)cc1. The smallest absolute Gasteiger partial charge is 0.262 e. The van der Waals surface area contributed by atoms with E-state index in [4.69, 9.17) is 11.6 Å². The van der Waals surface area contributed by atoms with Crippen molar-refractivity contribution in [2.75, 3.05) is 10.2 Å². The molecular weight excluding hydrogens is 346 g/mol. The van der Waals surface area contributed by atoms with E-state index < -0.39 is 0 Å². The molecule has 1 atom stereocenters. The number of carbonyl (C=O) groups is 1. The normalized spacial score (nSPS) is 15.9. The van der Waals surface area contributed by atoms with Crippen molar-refractivity contribution in [1.82, 2.24) is 4.98 Å². The van der Waals surface area contributed by atoms with E-state index in [9.17, 15) is 4.79 Å². The van der Waals surface area contributed by atoms with Gasteiger partial charge in [-0.3, -0.25) is 14.7 Å². The number of amides is 1. The van der Waals surface area contributed by atoms with Gasteiger partial charge in [0.1, 0.15) is 0 Å². The lowest BCUT2D eigenvalue weighted by atomic mass is 10.1. The van der Waals surface area contributed by atoms with Crippen LogP contribution in [0.5, 0.6) is 0 Å². The number of pyridine rings is 1. The first-order valence-corrected chi connectivity index (χ1v) is 8.80. The molecule has 0 fully saturated rings. The quantitative estimate of drug-likeness (QED) is 0.702. The summed E-state index contributed by atoms with van der Waals surface area (Å²) in [5.74, 6) is -0.0546. The average molecular weight is 364 g/mol. The summed E-state index contributed by atoms with van der Waals surface area (Å²) in [5.41, 5.74) is 5.27. The monoisotopic (exact) mass is 363 g/mol. The number of fused-ring (bicyclic) bond motifs is 1. The van der Waals surface area contributed by atoms with Crippen LogP contribution in [-0.4, -0.2) is 10.9 Å². The zero-order valence-corrected chi connectivity index (χ0v) is 15.3. The first-order chi connectivity index (χ1) is 12.5. The number of benzene rings is 2. The first-order valence-electron chi connectivity index (χ1n) is 8.42. The average Bonchev–Trinajstić information content (AvgIpc) is 2.91. The van der Waals surface area contributed by atoms with Gasteiger partial charge in [0.05, 0.1) is 11.3 Å². The van der Waals surface area contributed by atoms with Crippen molar-refractivity contribution in [3.8, 4) is 0 Å². The molecule has 1 N–H and O–H groups in total. The van der Waals surface area contributed by atoms with E-state index in [-0.39, 0.29) is 12.1 Å². The standard InChI is InChI=1S/C21H18ClN3O/c1-13-5-8-16(9-6-13)25-20(19-17(21(25)26)4-3-11-23-19)24-18-10-7-15(22)12-14(18)2/h3-12,20,24H,1-2H3. The molecule has 2 heterocycles. The fourth-order valence-corrected chi connectivity index (χ4v) is 3.45. The van der Waals surface area contributed by atoms with Crippen molar-refractivity contribution in [2.24, 2.45) is 0 Å². The number of hydrogen-bond donors (Lipinski definition) is 1. The van der Waals surface area contributed by atoms with Gasteiger partial charge in [0.25, 0.3) is 5.91 Å². The number of aromatic nitrogens is 1. The van der Waals surface area contributed by atoms with Crippen molar-refractivity contribution >= 4 is 28.9 Å². The summed E-state index contributed by atoms with van der Waals surface area (Å²) in [6, 6.07) is 17.2. The highest BCUT2D eigenvalue weighted by Crippen LogP contribution is 2.37. The van der Waals surface area contributed by atoms with Gasteiger partial charge in [0.2, 0.25) is 0 Å². The lowest BCUT2D eigenvalue weighted by Crippen LogP contribution is -2.32. The molecule has 0 saturated carbocycles. The zero-order valence-electron chi connectivity index (χ0n) is 14.5. The van der Waals surface area contributed by atoms with E-state index in [2.05, 4.69) is 10.3 Å². The van der Waals surface area contributed by atoms with E-state index in [1.165, 1.54) is 0 Å². The van der Waals surface area contributed by atoms with Gasteiger partial charge in [-0.05, 0) is 61.9 Å². The molecule has 1 amide bonds. The third-order valence-corrected chi connectivity index (χ3v) is 4.83. The van der Waals surface area contributed by atoms with E-state index in [1.54, 1.807) is 17.2 Å². The van der Waals surface area contributed by atoms with Gasteiger partial charge in [-0.1, -0.05) is 29.3 Å². The number of hydrogen-bond acceptors (Lipinski definition) is 3. The van der Waals surface area contributed by atoms with Crippen LogP contribution in [0.2, 0.25) is 5.02 Å². The number of nitrogens with one attached hydrogen (secondary N) is 1. The van der Waals surface area contributed by atoms with Crippen molar-refractivity contribution < 1.29 is 4.79 Å². The molecule has 1 aliphatic rings. The molecule has 0 aliphatic carbocycles. The highest BCUT2D eigenvalue weighted by Gasteiger charge is 2.39. The Labute approximate surface area is 157 Å². The molecule has 5 heteroatoms. The number of rotatable bonds is 3. The molecule has 0 bridgehead atoms. The van der Waals surface area contributed by atoms with E-state index in [0.717, 1.165) is 28.2 Å². The summed E-state index contributed by atoms with van der Waals surface area (Å²) >= 11 is 6.07. The summed E-state index contributed by atoms with van der Waals surface area (Å²) in [4.78, 5) is 19.3. The maximum absolute atomic E-state index is 13.0. The van der Waals surface area contributed by atoms with Crippen LogP contribution < -0.4 is 10.2 Å². The molecule has 1 aromatic heterocycles. The largest absolute Gasteiger partial charge is 0.360 e. The number of halogens is 1. The Morgan fingerprint density at radius 3 is 2.58 bits per heavy atom. The Morgan fingerprint density at radius 1 is 1.08 bits per heavy atom. The van der Waals surface area contributed by atoms with Crippen LogP contribution in [0.15, 0.2) is 60.8 Å². The van der Waals surface area contributed by atoms with E-state index >= 15 is 0 Å². The molecule has 4 nitrogen and oxygen atoms in total. The number of nitrogens with zero attached hydrogens (tertiary/aromatic N) is 2. The molecule has 130 valence electrons. The summed E-state index contributed by atoms with van der Waals surface area (Å²) in [6.07, 6.45) is 1.34. The van der Waals surface area contributed by atoms with Crippen LogP contribution in [0.1, 0.15) is 33.3 Å². The summed E-state index contributed by atoms with van der Waals surface area (Å²) < 4.78 is 0. The van der Waals surface area contributed by atoms with Gasteiger partial charge in [-0.15, -0.1) is 0 Å². The third kappa shape index (κ3) is 2.82. The van der Waals surface area contributed by atoms with Gasteiger partial charge >= 0.3 is 0 Å². The van der Waals surface area contributed by atoms with Crippen LogP contribution in [-0.2, 0) is 0 Å². The maximum Gasteiger partial charge on any atom is 0.262 e. The number of aryl methyl sites for hydroxylation is 2. The van der Waals surface area contributed by atoms with Crippen LogP contribution in [0.25, 0.3) is 0 Å². The Hall–Kier alpha value is -2.85. The minimum atomic E-state index is -0.374. The van der Waals surface area contributed by atoms with Crippen molar-refractivity contribution in [3.63, 3.8) is 0 Å². The Bertz CT molecular complexity index is 985. The third-order valence-electron chi connectivity index (χ3n) is 4.60. The van der Waals surface area contributed by atoms with Crippen LogP contribution >= 0.6 is 11.6 Å². The van der Waals surface area contributed by atoms with Crippen molar-refractivity contribution in [3.05, 3.63) is 88.2 Å². The predicted molar refractivity (Wildman–Crippen MR) is 105 cm³/mol. The highest BCUT2D eigenvalue weighted by molar-refractivity contribution is 6.30. The lowest BCUT2D eigenvalue weighted by molar-refractivity contribution is 0.0993. The van der Waals surface area contributed by atoms with Gasteiger partial charge < -0.3 is 5.32 Å². The topological polar surface area (TPSA) is 45.2 Å². The van der Waals surface area contributed by atoms with Crippen LogP contribution in [0, 0.1) is 13.8 Å². The lowest BCUT2D eigenvalue weighted by Gasteiger charge is -2.27. The molecule has 3 aromatic rings. The fourth-order valence-electron chi connectivity index (χ4n) is 3.23. The van der Waals surface area contributed by atoms with Gasteiger partial charge in [0, 0.05) is 22.6 Å². The second kappa shape index (κ2) is 6.46. The molecule has 0 radical (unpaired) electrons. The van der Waals surface area contributed by atoms with E-state index in [0.29, 0.717) is 10.6 Å². The number of carbonyl (C=O) groups excluding carboxylic acids is 1. The highest BCUT2D eigenvalue weighted by atomic mass is 35.5. The molecule has 1 unspecified atom stereocenters. The van der Waals surface area contributed by atoms with Gasteiger partial charge in [0.15, 0.2) is 6.17 Å². The zero-order chi connectivity index (χ0) is 18.3. The fraction of sp³-hybridized carbons (Fsp3) is 0.143. The Morgan fingerprint density at radius 2 is 1.85 bits per heavy atom. The Kier molecular flexibility index (Phi) is 4.13. The molecule has 26 heavy (non-hydrogen) atoms. The minimum absolute atomic E-state index is 0.0546. The second-order valence-electron chi connectivity index (χ2n) is 6.45. The van der Waals surface area contributed by atoms with Crippen LogP contribution in [0.3, 0.4) is 0 Å². The maximum atomic E-state index is 13.0. The molecule has 0 saturated heterocycles. The van der Waals surface area contributed by atoms with Crippen molar-refractivity contribution in [1.29, 1.82) is 0 Å². The second-order valence-corrected chi connectivity index (χ2v) is 6.89. The van der Waals surface area contributed by atoms with E-state index in [1.807, 2.05) is 62.4 Å². The molecule has 1 aliphatic heterocycles.